The molecule has 0 aliphatic heterocycles. The lowest BCUT2D eigenvalue weighted by atomic mass is 9.98. The van der Waals surface area contributed by atoms with Crippen LogP contribution in [0.3, 0.4) is 0 Å². The molecule has 4 nitrogen and oxygen atoms in total. The Morgan fingerprint density at radius 2 is 2.11 bits per heavy atom. The van der Waals surface area contributed by atoms with E-state index in [-0.39, 0.29) is 16.0 Å². The second-order valence-electron chi connectivity index (χ2n) is 5.08. The van der Waals surface area contributed by atoms with Crippen LogP contribution in [0.1, 0.15) is 26.3 Å². The molecular formula is C14H18N2O2. The molecule has 0 aromatic heterocycles. The van der Waals surface area contributed by atoms with E-state index < -0.39 is 0 Å². The molecule has 0 amide bonds. The van der Waals surface area contributed by atoms with E-state index >= 15 is 0 Å². The highest BCUT2D eigenvalue weighted by Gasteiger charge is 2.05. The minimum atomic E-state index is -0.386. The molecule has 18 heavy (non-hydrogen) atoms. The van der Waals surface area contributed by atoms with Gasteiger partial charge in [0.15, 0.2) is 0 Å². The van der Waals surface area contributed by atoms with Crippen molar-refractivity contribution in [3.05, 3.63) is 39.9 Å². The first-order valence-corrected chi connectivity index (χ1v) is 5.82. The third kappa shape index (κ3) is 5.46. The Labute approximate surface area is 108 Å². The maximum atomic E-state index is 10.6. The van der Waals surface area contributed by atoms with Crippen LogP contribution in [0.15, 0.2) is 24.3 Å². The van der Waals surface area contributed by atoms with Crippen LogP contribution in [0.5, 0.6) is 0 Å². The number of rotatable bonds is 4. The number of non-ortho nitro benzene ring substituents is 1. The Balaban J connectivity index is 2.46. The number of benzene rings is 1. The zero-order chi connectivity index (χ0) is 13.6. The Morgan fingerprint density at radius 1 is 1.39 bits per heavy atom. The lowest BCUT2D eigenvalue weighted by molar-refractivity contribution is -0.384. The maximum Gasteiger partial charge on any atom is 0.269 e. The van der Waals surface area contributed by atoms with Crippen LogP contribution >= 0.6 is 0 Å². The van der Waals surface area contributed by atoms with Gasteiger partial charge in [0.2, 0.25) is 0 Å². The molecule has 96 valence electrons. The molecule has 0 saturated carbocycles. The fourth-order valence-electron chi connectivity index (χ4n) is 1.36. The van der Waals surface area contributed by atoms with Crippen molar-refractivity contribution in [1.29, 1.82) is 0 Å². The highest BCUT2D eigenvalue weighted by atomic mass is 16.6. The molecular weight excluding hydrogens is 228 g/mol. The van der Waals surface area contributed by atoms with Gasteiger partial charge < -0.3 is 5.32 Å². The number of nitrogens with one attached hydrogen (secondary N) is 1. The summed E-state index contributed by atoms with van der Waals surface area (Å²) in [5, 5.41) is 13.7. The van der Waals surface area contributed by atoms with Crippen molar-refractivity contribution >= 4 is 5.69 Å². The zero-order valence-corrected chi connectivity index (χ0v) is 11.0. The van der Waals surface area contributed by atoms with Crippen LogP contribution in [-0.4, -0.2) is 11.5 Å². The molecule has 1 rings (SSSR count). The van der Waals surface area contributed by atoms with E-state index in [2.05, 4.69) is 37.9 Å². The highest BCUT2D eigenvalue weighted by molar-refractivity contribution is 5.34. The third-order valence-corrected chi connectivity index (χ3v) is 2.13. The minimum Gasteiger partial charge on any atom is -0.302 e. The summed E-state index contributed by atoms with van der Waals surface area (Å²) < 4.78 is 0. The van der Waals surface area contributed by atoms with Crippen molar-refractivity contribution in [2.45, 2.75) is 27.3 Å². The Kier molecular flexibility index (Phi) is 4.87. The number of hydrogen-bond acceptors (Lipinski definition) is 3. The molecule has 0 fully saturated rings. The van der Waals surface area contributed by atoms with Gasteiger partial charge in [-0.1, -0.05) is 24.0 Å². The molecule has 1 aromatic carbocycles. The topological polar surface area (TPSA) is 55.2 Å². The van der Waals surface area contributed by atoms with Gasteiger partial charge in [0.05, 0.1) is 11.5 Å². The largest absolute Gasteiger partial charge is 0.302 e. The van der Waals surface area contributed by atoms with Crippen molar-refractivity contribution in [1.82, 2.24) is 5.32 Å². The van der Waals surface area contributed by atoms with Crippen molar-refractivity contribution in [2.75, 3.05) is 6.54 Å². The SMILES string of the molecule is CC(C)(C)C#CCNCc1cccc([N+](=O)[O-])c1. The molecule has 0 atom stereocenters. The summed E-state index contributed by atoms with van der Waals surface area (Å²) >= 11 is 0. The highest BCUT2D eigenvalue weighted by Crippen LogP contribution is 2.12. The molecule has 0 radical (unpaired) electrons. The zero-order valence-electron chi connectivity index (χ0n) is 11.0. The van der Waals surface area contributed by atoms with Crippen LogP contribution in [-0.2, 0) is 6.54 Å². The molecule has 0 unspecified atom stereocenters. The van der Waals surface area contributed by atoms with Gasteiger partial charge >= 0.3 is 0 Å². The summed E-state index contributed by atoms with van der Waals surface area (Å²) in [6.07, 6.45) is 0. The van der Waals surface area contributed by atoms with E-state index in [4.69, 9.17) is 0 Å². The second kappa shape index (κ2) is 6.18. The Hall–Kier alpha value is -1.86. The van der Waals surface area contributed by atoms with E-state index in [0.29, 0.717) is 13.1 Å². The van der Waals surface area contributed by atoms with Crippen molar-refractivity contribution in [2.24, 2.45) is 5.41 Å². The Morgan fingerprint density at radius 3 is 2.72 bits per heavy atom. The first-order chi connectivity index (χ1) is 8.38. The van der Waals surface area contributed by atoms with Crippen LogP contribution < -0.4 is 5.32 Å². The monoisotopic (exact) mass is 246 g/mol. The number of nitrogens with zero attached hydrogens (tertiary/aromatic N) is 1. The molecule has 1 aromatic rings. The van der Waals surface area contributed by atoms with Gasteiger partial charge in [-0.05, 0) is 26.3 Å². The summed E-state index contributed by atoms with van der Waals surface area (Å²) in [4.78, 5) is 10.2. The lowest BCUT2D eigenvalue weighted by Gasteiger charge is -2.07. The van der Waals surface area contributed by atoms with Gasteiger partial charge in [-0.2, -0.15) is 0 Å². The number of nitro benzene ring substituents is 1. The first kappa shape index (κ1) is 14.2. The predicted molar refractivity (Wildman–Crippen MR) is 72.0 cm³/mol. The smallest absolute Gasteiger partial charge is 0.269 e. The second-order valence-corrected chi connectivity index (χ2v) is 5.08. The molecule has 0 heterocycles. The van der Waals surface area contributed by atoms with E-state index in [0.717, 1.165) is 5.56 Å². The fraction of sp³-hybridized carbons (Fsp3) is 0.429. The molecule has 4 heteroatoms. The molecule has 0 aliphatic rings. The quantitative estimate of drug-likeness (QED) is 0.384. The van der Waals surface area contributed by atoms with E-state index in [1.54, 1.807) is 12.1 Å². The summed E-state index contributed by atoms with van der Waals surface area (Å²) in [7, 11) is 0. The standard InChI is InChI=1S/C14H18N2O2/c1-14(2,3)8-5-9-15-11-12-6-4-7-13(10-12)16(17)18/h4,6-7,10,15H,9,11H2,1-3H3. The number of hydrogen-bond donors (Lipinski definition) is 1. The normalized spacial score (nSPS) is 10.6. The fourth-order valence-corrected chi connectivity index (χ4v) is 1.36. The van der Waals surface area contributed by atoms with E-state index in [1.807, 2.05) is 6.07 Å². The van der Waals surface area contributed by atoms with Crippen molar-refractivity contribution < 1.29 is 4.92 Å². The Bertz CT molecular complexity index is 479. The molecule has 0 saturated heterocycles. The van der Waals surface area contributed by atoms with Crippen LogP contribution in [0.4, 0.5) is 5.69 Å². The van der Waals surface area contributed by atoms with Gasteiger partial charge in [0.25, 0.3) is 5.69 Å². The summed E-state index contributed by atoms with van der Waals surface area (Å²) in [5.41, 5.74) is 1.02. The van der Waals surface area contributed by atoms with Crippen LogP contribution in [0.2, 0.25) is 0 Å². The summed E-state index contributed by atoms with van der Waals surface area (Å²) in [6.45, 7) is 7.34. The molecule has 1 N–H and O–H groups in total. The summed E-state index contributed by atoms with van der Waals surface area (Å²) in [6, 6.07) is 6.61. The molecule has 0 spiro atoms. The molecule has 0 aliphatic carbocycles. The van der Waals surface area contributed by atoms with Crippen molar-refractivity contribution in [3.63, 3.8) is 0 Å². The minimum absolute atomic E-state index is 0.00716. The van der Waals surface area contributed by atoms with Gasteiger partial charge in [-0.15, -0.1) is 0 Å². The average Bonchev–Trinajstić information content (AvgIpc) is 2.27. The van der Waals surface area contributed by atoms with Crippen LogP contribution in [0.25, 0.3) is 0 Å². The maximum absolute atomic E-state index is 10.6. The van der Waals surface area contributed by atoms with Gasteiger partial charge in [0, 0.05) is 24.1 Å². The lowest BCUT2D eigenvalue weighted by Crippen LogP contribution is -2.14. The number of nitro groups is 1. The summed E-state index contributed by atoms with van der Waals surface area (Å²) in [5.74, 6) is 6.15. The van der Waals surface area contributed by atoms with Gasteiger partial charge in [-0.3, -0.25) is 10.1 Å². The van der Waals surface area contributed by atoms with Crippen molar-refractivity contribution in [3.8, 4) is 11.8 Å². The van der Waals surface area contributed by atoms with E-state index in [1.165, 1.54) is 6.07 Å². The average molecular weight is 246 g/mol. The van der Waals surface area contributed by atoms with Gasteiger partial charge in [0.1, 0.15) is 0 Å². The van der Waals surface area contributed by atoms with Gasteiger partial charge in [-0.25, -0.2) is 0 Å². The third-order valence-electron chi connectivity index (χ3n) is 2.13. The predicted octanol–water partition coefficient (Wildman–Crippen LogP) is 2.73. The van der Waals surface area contributed by atoms with Crippen LogP contribution in [0, 0.1) is 27.4 Å². The van der Waals surface area contributed by atoms with E-state index in [9.17, 15) is 10.1 Å². The molecule has 0 bridgehead atoms. The first-order valence-electron chi connectivity index (χ1n) is 5.82.